The molecule has 2 amide bonds. The van der Waals surface area contributed by atoms with Crippen LogP contribution >= 0.6 is 0 Å². The predicted molar refractivity (Wildman–Crippen MR) is 77.2 cm³/mol. The third-order valence-corrected chi connectivity index (χ3v) is 2.77. The van der Waals surface area contributed by atoms with Crippen LogP contribution in [0, 0.1) is 0 Å². The van der Waals surface area contributed by atoms with E-state index in [1.165, 1.54) is 0 Å². The lowest BCUT2D eigenvalue weighted by Gasteiger charge is -2.27. The molecule has 5 heteroatoms. The highest BCUT2D eigenvalue weighted by Gasteiger charge is 2.17. The molecular weight excluding hydrogens is 256 g/mol. The molecule has 1 aromatic rings. The van der Waals surface area contributed by atoms with Crippen LogP contribution in [0.2, 0.25) is 0 Å². The Bertz CT molecular complexity index is 432. The molecule has 0 aromatic heterocycles. The second-order valence-corrected chi connectivity index (χ2v) is 4.67. The number of esters is 1. The van der Waals surface area contributed by atoms with Crippen LogP contribution in [0.3, 0.4) is 0 Å². The first-order valence-corrected chi connectivity index (χ1v) is 6.78. The number of hydrogen-bond acceptors (Lipinski definition) is 3. The SMILES string of the molecule is CCOC(=O)CNC(=O)N(Cc1ccccc1)C(C)C. The van der Waals surface area contributed by atoms with Crippen molar-refractivity contribution in [3.63, 3.8) is 0 Å². The lowest BCUT2D eigenvalue weighted by molar-refractivity contribution is -0.141. The van der Waals surface area contributed by atoms with E-state index < -0.39 is 5.97 Å². The highest BCUT2D eigenvalue weighted by molar-refractivity contribution is 5.81. The molecule has 0 atom stereocenters. The number of rotatable bonds is 6. The Balaban J connectivity index is 2.57. The zero-order valence-electron chi connectivity index (χ0n) is 12.3. The molecular formula is C15H22N2O3. The number of urea groups is 1. The van der Waals surface area contributed by atoms with Crippen molar-refractivity contribution >= 4 is 12.0 Å². The Hall–Kier alpha value is -2.04. The quantitative estimate of drug-likeness (QED) is 0.811. The summed E-state index contributed by atoms with van der Waals surface area (Å²) in [4.78, 5) is 25.0. The van der Waals surface area contributed by atoms with E-state index in [2.05, 4.69) is 5.32 Å². The van der Waals surface area contributed by atoms with E-state index in [0.29, 0.717) is 13.2 Å². The summed E-state index contributed by atoms with van der Waals surface area (Å²) in [5.41, 5.74) is 1.05. The molecule has 0 aliphatic rings. The van der Waals surface area contributed by atoms with Gasteiger partial charge in [0.25, 0.3) is 0 Å². The number of nitrogens with one attached hydrogen (secondary N) is 1. The fourth-order valence-corrected chi connectivity index (χ4v) is 1.73. The Labute approximate surface area is 119 Å². The standard InChI is InChI=1S/C15H22N2O3/c1-4-20-14(18)10-16-15(19)17(12(2)3)11-13-8-6-5-7-9-13/h5-9,12H,4,10-11H2,1-3H3,(H,16,19). The molecule has 0 aliphatic heterocycles. The van der Waals surface area contributed by atoms with Gasteiger partial charge in [0.05, 0.1) is 6.61 Å². The first-order valence-electron chi connectivity index (χ1n) is 6.78. The molecule has 0 saturated carbocycles. The highest BCUT2D eigenvalue weighted by Crippen LogP contribution is 2.08. The van der Waals surface area contributed by atoms with E-state index >= 15 is 0 Å². The van der Waals surface area contributed by atoms with Gasteiger partial charge in [-0.2, -0.15) is 0 Å². The van der Waals surface area contributed by atoms with Crippen LogP contribution in [0.1, 0.15) is 26.3 Å². The minimum atomic E-state index is -0.427. The fourth-order valence-electron chi connectivity index (χ4n) is 1.73. The summed E-state index contributed by atoms with van der Waals surface area (Å²) in [5.74, 6) is -0.427. The first kappa shape index (κ1) is 16.0. The molecule has 0 aliphatic carbocycles. The van der Waals surface area contributed by atoms with Crippen LogP contribution in [0.25, 0.3) is 0 Å². The molecule has 20 heavy (non-hydrogen) atoms. The molecule has 0 heterocycles. The third-order valence-electron chi connectivity index (χ3n) is 2.77. The molecule has 0 unspecified atom stereocenters. The molecule has 0 radical (unpaired) electrons. The smallest absolute Gasteiger partial charge is 0.325 e. The lowest BCUT2D eigenvalue weighted by atomic mass is 10.2. The summed E-state index contributed by atoms with van der Waals surface area (Å²) < 4.78 is 4.78. The van der Waals surface area contributed by atoms with Gasteiger partial charge in [0, 0.05) is 12.6 Å². The summed E-state index contributed by atoms with van der Waals surface area (Å²) in [6.07, 6.45) is 0. The zero-order chi connectivity index (χ0) is 15.0. The Morgan fingerprint density at radius 2 is 1.90 bits per heavy atom. The van der Waals surface area contributed by atoms with Crippen LogP contribution in [0.15, 0.2) is 30.3 Å². The van der Waals surface area contributed by atoms with Gasteiger partial charge in [0.15, 0.2) is 0 Å². The normalized spacial score (nSPS) is 10.2. The van der Waals surface area contributed by atoms with E-state index in [1.54, 1.807) is 11.8 Å². The topological polar surface area (TPSA) is 58.6 Å². The van der Waals surface area contributed by atoms with Gasteiger partial charge in [0.1, 0.15) is 6.54 Å². The number of ether oxygens (including phenoxy) is 1. The van der Waals surface area contributed by atoms with Crippen molar-refractivity contribution in [1.82, 2.24) is 10.2 Å². The van der Waals surface area contributed by atoms with Crippen LogP contribution in [-0.2, 0) is 16.1 Å². The molecule has 1 aromatic carbocycles. The average molecular weight is 278 g/mol. The van der Waals surface area contributed by atoms with Gasteiger partial charge in [0.2, 0.25) is 0 Å². The Morgan fingerprint density at radius 1 is 1.25 bits per heavy atom. The Morgan fingerprint density at radius 3 is 2.45 bits per heavy atom. The molecule has 1 rings (SSSR count). The maximum Gasteiger partial charge on any atom is 0.325 e. The van der Waals surface area contributed by atoms with Crippen molar-refractivity contribution in [2.24, 2.45) is 0 Å². The fraction of sp³-hybridized carbons (Fsp3) is 0.467. The van der Waals surface area contributed by atoms with E-state index in [9.17, 15) is 9.59 Å². The summed E-state index contributed by atoms with van der Waals surface area (Å²) in [7, 11) is 0. The largest absolute Gasteiger partial charge is 0.465 e. The second kappa shape index (κ2) is 8.19. The van der Waals surface area contributed by atoms with Crippen molar-refractivity contribution in [3.05, 3.63) is 35.9 Å². The molecule has 0 spiro atoms. The lowest BCUT2D eigenvalue weighted by Crippen LogP contribution is -2.45. The third kappa shape index (κ3) is 5.30. The summed E-state index contributed by atoms with van der Waals surface area (Å²) in [5, 5.41) is 2.58. The summed E-state index contributed by atoms with van der Waals surface area (Å²) in [6.45, 7) is 6.32. The van der Waals surface area contributed by atoms with Crippen molar-refractivity contribution in [3.8, 4) is 0 Å². The van der Waals surface area contributed by atoms with Gasteiger partial charge < -0.3 is 15.0 Å². The first-order chi connectivity index (χ1) is 9.54. The zero-order valence-corrected chi connectivity index (χ0v) is 12.3. The van der Waals surface area contributed by atoms with Crippen LogP contribution < -0.4 is 5.32 Å². The Kier molecular flexibility index (Phi) is 6.56. The van der Waals surface area contributed by atoms with Crippen molar-refractivity contribution < 1.29 is 14.3 Å². The molecule has 0 bridgehead atoms. The molecule has 1 N–H and O–H groups in total. The monoisotopic (exact) mass is 278 g/mol. The predicted octanol–water partition coefficient (Wildman–Crippen LogP) is 2.17. The van der Waals surface area contributed by atoms with Crippen LogP contribution in [0.4, 0.5) is 4.79 Å². The van der Waals surface area contributed by atoms with Gasteiger partial charge in [-0.1, -0.05) is 30.3 Å². The van der Waals surface area contributed by atoms with Crippen molar-refractivity contribution in [2.75, 3.05) is 13.2 Å². The number of amides is 2. The minimum absolute atomic E-state index is 0.0393. The van der Waals surface area contributed by atoms with Crippen LogP contribution in [0.5, 0.6) is 0 Å². The number of carbonyl (C=O) groups is 2. The van der Waals surface area contributed by atoms with E-state index in [4.69, 9.17) is 4.74 Å². The molecule has 110 valence electrons. The maximum absolute atomic E-state index is 12.1. The summed E-state index contributed by atoms with van der Waals surface area (Å²) >= 11 is 0. The van der Waals surface area contributed by atoms with Crippen molar-refractivity contribution in [2.45, 2.75) is 33.4 Å². The van der Waals surface area contributed by atoms with Gasteiger partial charge in [-0.15, -0.1) is 0 Å². The van der Waals surface area contributed by atoms with Gasteiger partial charge >= 0.3 is 12.0 Å². The van der Waals surface area contributed by atoms with Crippen LogP contribution in [-0.4, -0.2) is 36.1 Å². The molecule has 0 fully saturated rings. The number of nitrogens with zero attached hydrogens (tertiary/aromatic N) is 1. The maximum atomic E-state index is 12.1. The van der Waals surface area contributed by atoms with Gasteiger partial charge in [-0.3, -0.25) is 4.79 Å². The number of hydrogen-bond donors (Lipinski definition) is 1. The van der Waals surface area contributed by atoms with E-state index in [-0.39, 0.29) is 18.6 Å². The van der Waals surface area contributed by atoms with E-state index in [1.807, 2.05) is 44.2 Å². The molecule has 5 nitrogen and oxygen atoms in total. The van der Waals surface area contributed by atoms with E-state index in [0.717, 1.165) is 5.56 Å². The average Bonchev–Trinajstić information content (AvgIpc) is 2.43. The van der Waals surface area contributed by atoms with Gasteiger partial charge in [-0.25, -0.2) is 4.79 Å². The molecule has 0 saturated heterocycles. The number of benzene rings is 1. The van der Waals surface area contributed by atoms with Gasteiger partial charge in [-0.05, 0) is 26.3 Å². The highest BCUT2D eigenvalue weighted by atomic mass is 16.5. The summed E-state index contributed by atoms with van der Waals surface area (Å²) in [6, 6.07) is 9.51. The minimum Gasteiger partial charge on any atom is -0.465 e. The van der Waals surface area contributed by atoms with Crippen molar-refractivity contribution in [1.29, 1.82) is 0 Å². The number of carbonyl (C=O) groups excluding carboxylic acids is 2. The second-order valence-electron chi connectivity index (χ2n) is 4.67.